The first-order valence-electron chi connectivity index (χ1n) is 6.45. The number of ether oxygens (including phenoxy) is 1. The highest BCUT2D eigenvalue weighted by Gasteiger charge is 2.15. The van der Waals surface area contributed by atoms with Gasteiger partial charge in [-0.1, -0.05) is 6.92 Å². The monoisotopic (exact) mass is 267 g/mol. The Hall–Kier alpha value is -1.82. The minimum absolute atomic E-state index is 0.00815. The molecule has 1 unspecified atom stereocenters. The van der Waals surface area contributed by atoms with Crippen molar-refractivity contribution < 1.29 is 9.66 Å². The molecule has 1 atom stereocenters. The van der Waals surface area contributed by atoms with Crippen LogP contribution >= 0.6 is 0 Å². The van der Waals surface area contributed by atoms with Crippen molar-refractivity contribution in [1.82, 2.24) is 0 Å². The Morgan fingerprint density at radius 2 is 2.26 bits per heavy atom. The van der Waals surface area contributed by atoms with E-state index in [0.29, 0.717) is 12.4 Å². The van der Waals surface area contributed by atoms with Gasteiger partial charge in [-0.2, -0.15) is 0 Å². The summed E-state index contributed by atoms with van der Waals surface area (Å²) >= 11 is 0. The summed E-state index contributed by atoms with van der Waals surface area (Å²) in [7, 11) is 0. The summed E-state index contributed by atoms with van der Waals surface area (Å²) in [6.07, 6.45) is 1.64. The molecule has 0 radical (unpaired) electrons. The molecule has 106 valence electrons. The molecule has 0 saturated heterocycles. The van der Waals surface area contributed by atoms with Crippen LogP contribution in [0.3, 0.4) is 0 Å². The number of hydrogen-bond acceptors (Lipinski definition) is 5. The van der Waals surface area contributed by atoms with Gasteiger partial charge in [0.1, 0.15) is 0 Å². The van der Waals surface area contributed by atoms with E-state index >= 15 is 0 Å². The van der Waals surface area contributed by atoms with Gasteiger partial charge in [0.05, 0.1) is 11.5 Å². The summed E-state index contributed by atoms with van der Waals surface area (Å²) < 4.78 is 5.41. The fourth-order valence-corrected chi connectivity index (χ4v) is 1.55. The number of hydrogen-bond donors (Lipinski definition) is 2. The van der Waals surface area contributed by atoms with Crippen molar-refractivity contribution in [2.45, 2.75) is 32.7 Å². The van der Waals surface area contributed by atoms with E-state index in [9.17, 15) is 10.1 Å². The van der Waals surface area contributed by atoms with Gasteiger partial charge in [-0.15, -0.1) is 0 Å². The van der Waals surface area contributed by atoms with Crippen LogP contribution in [0.1, 0.15) is 26.7 Å². The second-order valence-electron chi connectivity index (χ2n) is 4.48. The fourth-order valence-electron chi connectivity index (χ4n) is 1.55. The summed E-state index contributed by atoms with van der Waals surface area (Å²) in [5, 5.41) is 14.1. The van der Waals surface area contributed by atoms with Gasteiger partial charge >= 0.3 is 5.69 Å². The van der Waals surface area contributed by atoms with Gasteiger partial charge in [-0.05, 0) is 25.8 Å². The van der Waals surface area contributed by atoms with E-state index in [2.05, 4.69) is 5.32 Å². The van der Waals surface area contributed by atoms with Crippen LogP contribution in [-0.2, 0) is 0 Å². The Kier molecular flexibility index (Phi) is 6.08. The number of benzene rings is 1. The number of nitrogens with two attached hydrogens (primary N) is 1. The Balaban J connectivity index is 2.76. The topological polar surface area (TPSA) is 90.4 Å². The molecule has 3 N–H and O–H groups in total. The highest BCUT2D eigenvalue weighted by molar-refractivity contribution is 5.57. The minimum atomic E-state index is -0.434. The maximum atomic E-state index is 10.9. The van der Waals surface area contributed by atoms with Crippen LogP contribution in [0.15, 0.2) is 18.2 Å². The van der Waals surface area contributed by atoms with Crippen LogP contribution in [0.2, 0.25) is 0 Å². The zero-order chi connectivity index (χ0) is 14.3. The molecule has 0 aliphatic rings. The zero-order valence-corrected chi connectivity index (χ0v) is 11.4. The predicted molar refractivity (Wildman–Crippen MR) is 75.6 cm³/mol. The lowest BCUT2D eigenvalue weighted by Gasteiger charge is -2.11. The number of anilines is 1. The van der Waals surface area contributed by atoms with E-state index in [1.165, 1.54) is 6.07 Å². The third kappa shape index (κ3) is 5.13. The summed E-state index contributed by atoms with van der Waals surface area (Å²) in [5.74, 6) is 0.303. The number of rotatable bonds is 8. The molecule has 0 aromatic heterocycles. The van der Waals surface area contributed by atoms with Crippen molar-refractivity contribution in [1.29, 1.82) is 0 Å². The van der Waals surface area contributed by atoms with Crippen LogP contribution in [0.4, 0.5) is 11.4 Å². The van der Waals surface area contributed by atoms with Gasteiger partial charge in [-0.3, -0.25) is 10.1 Å². The molecule has 0 heterocycles. The first-order chi connectivity index (χ1) is 9.04. The molecule has 0 aliphatic carbocycles. The SMILES string of the molecule is CCCOc1cc(NCCC(C)N)ccc1[N+](=O)[O-]. The van der Waals surface area contributed by atoms with E-state index in [0.717, 1.165) is 25.1 Å². The van der Waals surface area contributed by atoms with Crippen LogP contribution in [0, 0.1) is 10.1 Å². The number of nitrogens with one attached hydrogen (secondary N) is 1. The van der Waals surface area contributed by atoms with Gasteiger partial charge in [-0.25, -0.2) is 0 Å². The molecular weight excluding hydrogens is 246 g/mol. The Bertz CT molecular complexity index is 422. The second-order valence-corrected chi connectivity index (χ2v) is 4.48. The molecule has 1 aromatic rings. The fraction of sp³-hybridized carbons (Fsp3) is 0.538. The molecule has 19 heavy (non-hydrogen) atoms. The molecule has 0 bridgehead atoms. The summed E-state index contributed by atoms with van der Waals surface area (Å²) in [6.45, 7) is 5.08. The van der Waals surface area contributed by atoms with E-state index in [1.807, 2.05) is 13.8 Å². The standard InChI is InChI=1S/C13H21N3O3/c1-3-8-19-13-9-11(15-7-6-10(2)14)4-5-12(13)16(17)18/h4-5,9-10,15H,3,6-8,14H2,1-2H3. The Morgan fingerprint density at radius 1 is 1.53 bits per heavy atom. The van der Waals surface area contributed by atoms with Crippen molar-refractivity contribution >= 4 is 11.4 Å². The predicted octanol–water partition coefficient (Wildman–Crippen LogP) is 2.53. The number of nitro benzene ring substituents is 1. The quantitative estimate of drug-likeness (QED) is 0.558. The van der Waals surface area contributed by atoms with Crippen molar-refractivity contribution in [2.24, 2.45) is 5.73 Å². The van der Waals surface area contributed by atoms with Crippen molar-refractivity contribution in [3.05, 3.63) is 28.3 Å². The maximum absolute atomic E-state index is 10.9. The van der Waals surface area contributed by atoms with Crippen LogP contribution < -0.4 is 15.8 Å². The second kappa shape index (κ2) is 7.58. The van der Waals surface area contributed by atoms with Crippen molar-refractivity contribution in [2.75, 3.05) is 18.5 Å². The van der Waals surface area contributed by atoms with Gasteiger partial charge in [0.2, 0.25) is 0 Å². The number of nitrogens with zero attached hydrogens (tertiary/aromatic N) is 1. The summed E-state index contributed by atoms with van der Waals surface area (Å²) in [4.78, 5) is 10.5. The third-order valence-electron chi connectivity index (χ3n) is 2.55. The molecule has 0 amide bonds. The molecular formula is C13H21N3O3. The van der Waals surface area contributed by atoms with Crippen molar-refractivity contribution in [3.63, 3.8) is 0 Å². The highest BCUT2D eigenvalue weighted by atomic mass is 16.6. The lowest BCUT2D eigenvalue weighted by atomic mass is 10.2. The molecule has 6 nitrogen and oxygen atoms in total. The van der Waals surface area contributed by atoms with Crippen LogP contribution in [0.5, 0.6) is 5.75 Å². The van der Waals surface area contributed by atoms with Crippen LogP contribution in [0.25, 0.3) is 0 Å². The minimum Gasteiger partial charge on any atom is -0.487 e. The highest BCUT2D eigenvalue weighted by Crippen LogP contribution is 2.30. The lowest BCUT2D eigenvalue weighted by Crippen LogP contribution is -2.19. The zero-order valence-electron chi connectivity index (χ0n) is 11.4. The molecule has 6 heteroatoms. The first kappa shape index (κ1) is 15.2. The van der Waals surface area contributed by atoms with Gasteiger partial charge in [0.25, 0.3) is 0 Å². The number of nitro groups is 1. The average molecular weight is 267 g/mol. The molecule has 1 rings (SSSR count). The molecule has 0 spiro atoms. The van der Waals surface area contributed by atoms with E-state index in [-0.39, 0.29) is 11.7 Å². The van der Waals surface area contributed by atoms with E-state index < -0.39 is 4.92 Å². The Morgan fingerprint density at radius 3 is 2.84 bits per heavy atom. The van der Waals surface area contributed by atoms with Gasteiger partial charge < -0.3 is 15.8 Å². The largest absolute Gasteiger partial charge is 0.487 e. The molecule has 0 aliphatic heterocycles. The van der Waals surface area contributed by atoms with Crippen LogP contribution in [-0.4, -0.2) is 24.1 Å². The summed E-state index contributed by atoms with van der Waals surface area (Å²) in [5.41, 5.74) is 6.46. The lowest BCUT2D eigenvalue weighted by molar-refractivity contribution is -0.385. The molecule has 1 aromatic carbocycles. The molecule has 0 saturated carbocycles. The Labute approximate surface area is 113 Å². The molecule has 0 fully saturated rings. The van der Waals surface area contributed by atoms with Gasteiger partial charge in [0, 0.05) is 30.4 Å². The van der Waals surface area contributed by atoms with E-state index in [4.69, 9.17) is 10.5 Å². The van der Waals surface area contributed by atoms with Gasteiger partial charge in [0.15, 0.2) is 5.75 Å². The smallest absolute Gasteiger partial charge is 0.311 e. The third-order valence-corrected chi connectivity index (χ3v) is 2.55. The summed E-state index contributed by atoms with van der Waals surface area (Å²) in [6, 6.07) is 4.92. The normalized spacial score (nSPS) is 11.9. The average Bonchev–Trinajstić information content (AvgIpc) is 2.35. The maximum Gasteiger partial charge on any atom is 0.311 e. The first-order valence-corrected chi connectivity index (χ1v) is 6.45. The van der Waals surface area contributed by atoms with Crippen molar-refractivity contribution in [3.8, 4) is 5.75 Å². The van der Waals surface area contributed by atoms with E-state index in [1.54, 1.807) is 12.1 Å².